The summed E-state index contributed by atoms with van der Waals surface area (Å²) in [5, 5.41) is 11.5. The van der Waals surface area contributed by atoms with Crippen LogP contribution in [-0.2, 0) is 13.0 Å². The van der Waals surface area contributed by atoms with E-state index in [1.54, 1.807) is 0 Å². The number of nitrogens with zero attached hydrogens (tertiary/aromatic N) is 1. The number of aliphatic hydroxyl groups excluding tert-OH is 1. The molecule has 5 heteroatoms. The number of hydrogen-bond acceptors (Lipinski definition) is 2. The molecular weight excluding hydrogens is 224 g/mol. The number of rotatable bonds is 3. The summed E-state index contributed by atoms with van der Waals surface area (Å²) in [6.07, 6.45) is 0.772. The zero-order chi connectivity index (χ0) is 9.14. The summed E-state index contributed by atoms with van der Waals surface area (Å²) < 4.78 is 1.96. The molecule has 0 fully saturated rings. The van der Waals surface area contributed by atoms with E-state index in [2.05, 4.69) is 21.0 Å². The van der Waals surface area contributed by atoms with Gasteiger partial charge in [-0.05, 0) is 22.4 Å². The van der Waals surface area contributed by atoms with Gasteiger partial charge in [-0.3, -0.25) is 9.89 Å². The summed E-state index contributed by atoms with van der Waals surface area (Å²) in [5.74, 6) is 0. The lowest BCUT2D eigenvalue weighted by Gasteiger charge is -1.95. The van der Waals surface area contributed by atoms with Crippen LogP contribution in [0.25, 0.3) is 0 Å². The van der Waals surface area contributed by atoms with Gasteiger partial charge >= 0.3 is 0 Å². The number of aromatic amines is 1. The quantitative estimate of drug-likeness (QED) is 0.801. The first-order valence-electron chi connectivity index (χ1n) is 3.78. The van der Waals surface area contributed by atoms with Crippen LogP contribution in [0.3, 0.4) is 0 Å². The highest BCUT2D eigenvalue weighted by molar-refractivity contribution is 9.10. The molecule has 1 heterocycles. The van der Waals surface area contributed by atoms with Crippen molar-refractivity contribution in [3.63, 3.8) is 0 Å². The van der Waals surface area contributed by atoms with Gasteiger partial charge in [-0.2, -0.15) is 0 Å². The van der Waals surface area contributed by atoms with Gasteiger partial charge in [0.1, 0.15) is 4.47 Å². The molecule has 0 atom stereocenters. The van der Waals surface area contributed by atoms with E-state index in [4.69, 9.17) is 5.11 Å². The largest absolute Gasteiger partial charge is 0.394 e. The van der Waals surface area contributed by atoms with E-state index in [1.165, 1.54) is 4.68 Å². The second-order valence-corrected chi connectivity index (χ2v) is 3.23. The van der Waals surface area contributed by atoms with Crippen molar-refractivity contribution in [2.24, 2.45) is 0 Å². The van der Waals surface area contributed by atoms with Crippen LogP contribution in [0.15, 0.2) is 9.27 Å². The minimum atomic E-state index is -0.110. The Bertz CT molecular complexity index is 316. The Balaban J connectivity index is 3.07. The van der Waals surface area contributed by atoms with E-state index < -0.39 is 0 Å². The maximum atomic E-state index is 11.3. The Morgan fingerprint density at radius 1 is 1.67 bits per heavy atom. The van der Waals surface area contributed by atoms with Gasteiger partial charge in [0.25, 0.3) is 5.56 Å². The third kappa shape index (κ3) is 1.61. The minimum Gasteiger partial charge on any atom is -0.394 e. The van der Waals surface area contributed by atoms with Crippen molar-refractivity contribution in [2.75, 3.05) is 6.61 Å². The van der Waals surface area contributed by atoms with Crippen LogP contribution in [0, 0.1) is 0 Å². The van der Waals surface area contributed by atoms with Crippen molar-refractivity contribution in [3.8, 4) is 0 Å². The van der Waals surface area contributed by atoms with E-state index in [0.717, 1.165) is 12.1 Å². The first-order chi connectivity index (χ1) is 5.70. The van der Waals surface area contributed by atoms with Gasteiger partial charge in [0.05, 0.1) is 18.8 Å². The van der Waals surface area contributed by atoms with Crippen molar-refractivity contribution < 1.29 is 5.11 Å². The van der Waals surface area contributed by atoms with Gasteiger partial charge in [0.2, 0.25) is 0 Å². The highest BCUT2D eigenvalue weighted by atomic mass is 79.9. The molecule has 4 nitrogen and oxygen atoms in total. The highest BCUT2D eigenvalue weighted by Crippen LogP contribution is 2.09. The second kappa shape index (κ2) is 3.91. The number of hydrogen-bond donors (Lipinski definition) is 2. The number of aromatic nitrogens is 2. The molecular formula is C7H11BrN2O2. The van der Waals surface area contributed by atoms with Crippen LogP contribution in [-0.4, -0.2) is 21.5 Å². The fourth-order valence-corrected chi connectivity index (χ4v) is 1.59. The van der Waals surface area contributed by atoms with Crippen LogP contribution in [0.5, 0.6) is 0 Å². The van der Waals surface area contributed by atoms with Gasteiger partial charge < -0.3 is 5.11 Å². The highest BCUT2D eigenvalue weighted by Gasteiger charge is 2.08. The zero-order valence-corrected chi connectivity index (χ0v) is 8.39. The van der Waals surface area contributed by atoms with Crippen LogP contribution >= 0.6 is 15.9 Å². The molecule has 1 aromatic rings. The molecule has 2 N–H and O–H groups in total. The van der Waals surface area contributed by atoms with Crippen molar-refractivity contribution in [2.45, 2.75) is 19.9 Å². The van der Waals surface area contributed by atoms with Gasteiger partial charge in [-0.25, -0.2) is 4.68 Å². The average molecular weight is 235 g/mol. The first kappa shape index (κ1) is 9.54. The average Bonchev–Trinajstić information content (AvgIpc) is 2.33. The summed E-state index contributed by atoms with van der Waals surface area (Å²) in [6.45, 7) is 2.24. The Morgan fingerprint density at radius 3 is 2.75 bits per heavy atom. The van der Waals surface area contributed by atoms with Crippen molar-refractivity contribution in [3.05, 3.63) is 20.5 Å². The number of aryl methyl sites for hydroxylation is 1. The molecule has 0 saturated heterocycles. The van der Waals surface area contributed by atoms with E-state index >= 15 is 0 Å². The standard InChI is InChI=1S/C7H11BrN2O2/c1-2-5-6(8)7(12)10(9-5)3-4-11/h9,11H,2-4H2,1H3. The number of aliphatic hydroxyl groups is 1. The molecule has 1 aromatic heterocycles. The Labute approximate surface area is 78.3 Å². The Morgan fingerprint density at radius 2 is 2.33 bits per heavy atom. The smallest absolute Gasteiger partial charge is 0.281 e. The molecule has 0 unspecified atom stereocenters. The molecule has 0 spiro atoms. The van der Waals surface area contributed by atoms with Crippen molar-refractivity contribution in [1.29, 1.82) is 0 Å². The fourth-order valence-electron chi connectivity index (χ4n) is 1.00. The first-order valence-corrected chi connectivity index (χ1v) is 4.58. The second-order valence-electron chi connectivity index (χ2n) is 2.44. The number of nitrogens with one attached hydrogen (secondary N) is 1. The number of halogens is 1. The Hall–Kier alpha value is -0.550. The van der Waals surface area contributed by atoms with Crippen LogP contribution in [0.1, 0.15) is 12.6 Å². The van der Waals surface area contributed by atoms with Gasteiger partial charge in [-0.15, -0.1) is 0 Å². The molecule has 1 rings (SSSR count). The van der Waals surface area contributed by atoms with Gasteiger partial charge in [-0.1, -0.05) is 6.92 Å². The number of H-pyrrole nitrogens is 1. The summed E-state index contributed by atoms with van der Waals surface area (Å²) >= 11 is 3.18. The van der Waals surface area contributed by atoms with Crippen LogP contribution < -0.4 is 5.56 Å². The van der Waals surface area contributed by atoms with Gasteiger partial charge in [0, 0.05) is 0 Å². The van der Waals surface area contributed by atoms with E-state index in [9.17, 15) is 4.79 Å². The van der Waals surface area contributed by atoms with Gasteiger partial charge in [0.15, 0.2) is 0 Å². The summed E-state index contributed by atoms with van der Waals surface area (Å²) in [7, 11) is 0. The molecule has 0 aromatic carbocycles. The zero-order valence-electron chi connectivity index (χ0n) is 6.80. The van der Waals surface area contributed by atoms with Crippen molar-refractivity contribution >= 4 is 15.9 Å². The van der Waals surface area contributed by atoms with E-state index in [1.807, 2.05) is 6.92 Å². The monoisotopic (exact) mass is 234 g/mol. The van der Waals surface area contributed by atoms with E-state index in [-0.39, 0.29) is 12.2 Å². The fraction of sp³-hybridized carbons (Fsp3) is 0.571. The summed E-state index contributed by atoms with van der Waals surface area (Å²) in [4.78, 5) is 11.3. The molecule has 0 saturated carbocycles. The SMILES string of the molecule is CCc1[nH]n(CCO)c(=O)c1Br. The third-order valence-corrected chi connectivity index (χ3v) is 2.46. The Kier molecular flexibility index (Phi) is 3.11. The van der Waals surface area contributed by atoms with Crippen molar-refractivity contribution in [1.82, 2.24) is 9.78 Å². The molecule has 0 aliphatic rings. The molecule has 0 aliphatic heterocycles. The molecule has 12 heavy (non-hydrogen) atoms. The molecule has 68 valence electrons. The third-order valence-electron chi connectivity index (χ3n) is 1.64. The molecule has 0 aliphatic carbocycles. The lowest BCUT2D eigenvalue weighted by molar-refractivity contribution is 0.267. The lowest BCUT2D eigenvalue weighted by Crippen LogP contribution is -2.18. The normalized spacial score (nSPS) is 10.6. The molecule has 0 amide bonds. The minimum absolute atomic E-state index is 0.0317. The maximum absolute atomic E-state index is 11.3. The van der Waals surface area contributed by atoms with Crippen LogP contribution in [0.2, 0.25) is 0 Å². The maximum Gasteiger partial charge on any atom is 0.281 e. The van der Waals surface area contributed by atoms with E-state index in [0.29, 0.717) is 11.0 Å². The predicted molar refractivity (Wildman–Crippen MR) is 49.2 cm³/mol. The topological polar surface area (TPSA) is 58.0 Å². The molecule has 0 bridgehead atoms. The van der Waals surface area contributed by atoms with Crippen LogP contribution in [0.4, 0.5) is 0 Å². The summed E-state index contributed by atoms with van der Waals surface area (Å²) in [6, 6.07) is 0. The summed E-state index contributed by atoms with van der Waals surface area (Å²) in [5.41, 5.74) is 0.759. The molecule has 0 radical (unpaired) electrons. The predicted octanol–water partition coefficient (Wildman–Crippen LogP) is 0.494. The lowest BCUT2D eigenvalue weighted by atomic mass is 10.3.